The molecule has 0 aromatic rings. The minimum atomic E-state index is -4.27. The second-order valence-electron chi connectivity index (χ2n) is 14.1. The van der Waals surface area contributed by atoms with Gasteiger partial charge in [-0.15, -0.1) is 0 Å². The largest absolute Gasteiger partial charge is 0.472 e. The van der Waals surface area contributed by atoms with Crippen LogP contribution in [0.5, 0.6) is 0 Å². The fourth-order valence-corrected chi connectivity index (χ4v) is 6.16. The van der Waals surface area contributed by atoms with Crippen LogP contribution in [0, 0.1) is 0 Å². The van der Waals surface area contributed by atoms with E-state index in [-0.39, 0.29) is 25.4 Å². The van der Waals surface area contributed by atoms with Gasteiger partial charge >= 0.3 is 19.8 Å². The first-order valence-corrected chi connectivity index (χ1v) is 23.0. The summed E-state index contributed by atoms with van der Waals surface area (Å²) in [5.74, 6) is -0.825. The highest BCUT2D eigenvalue weighted by molar-refractivity contribution is 7.47. The predicted octanol–water partition coefficient (Wildman–Crippen LogP) is 13.6. The molecule has 0 saturated carbocycles. The summed E-state index contributed by atoms with van der Waals surface area (Å²) in [6.45, 7) is 3.75. The molecule has 312 valence electrons. The molecular weight excluding hydrogens is 699 g/mol. The van der Waals surface area contributed by atoms with Crippen LogP contribution in [-0.2, 0) is 32.7 Å². The van der Waals surface area contributed by atoms with Crippen LogP contribution in [0.15, 0.2) is 60.8 Å². The van der Waals surface area contributed by atoms with E-state index in [1.54, 1.807) is 0 Å². The number of hydrogen-bond donors (Lipinski definition) is 1. The van der Waals surface area contributed by atoms with Gasteiger partial charge in [0.15, 0.2) is 6.10 Å². The molecule has 0 aliphatic carbocycles. The highest BCUT2D eigenvalue weighted by Gasteiger charge is 2.24. The maximum atomic E-state index is 12.5. The summed E-state index contributed by atoms with van der Waals surface area (Å²) in [7, 11) is -3.21. The van der Waals surface area contributed by atoms with E-state index in [4.69, 9.17) is 14.0 Å². The number of phosphoric acid groups is 1. The Balaban J connectivity index is 4.02. The van der Waals surface area contributed by atoms with Gasteiger partial charge in [0, 0.05) is 20.0 Å². The molecule has 8 nitrogen and oxygen atoms in total. The van der Waals surface area contributed by atoms with Crippen molar-refractivity contribution in [2.24, 2.45) is 0 Å². The molecule has 54 heavy (non-hydrogen) atoms. The van der Waals surface area contributed by atoms with Crippen LogP contribution in [0.2, 0.25) is 0 Å². The molecule has 0 fully saturated rings. The Labute approximate surface area is 330 Å². The molecule has 0 bridgehead atoms. The second-order valence-corrected chi connectivity index (χ2v) is 15.7. The quantitative estimate of drug-likeness (QED) is 0.0284. The molecule has 0 aromatic carbocycles. The molecule has 0 amide bonds. The third-order valence-electron chi connectivity index (χ3n) is 9.00. The first-order valence-electron chi connectivity index (χ1n) is 21.5. The standard InChI is InChI=1S/C45H79O8P/c1-4-6-8-10-12-14-16-18-20-21-22-23-24-25-26-28-30-32-34-36-38-40-45(47)53-43(42-52-54(48,49)50-3)41-51-44(46)39-37-35-33-31-29-27-19-17-15-13-11-9-7-5-2/h6,8,12,14,17-20,22-23,43H,4-5,7,9-11,13,15-16,21,24-42H2,1-3H3,(H,48,49)/b8-6-,14-12-,19-17-,20-18-,23-22-. The average Bonchev–Trinajstić information content (AvgIpc) is 3.16. The monoisotopic (exact) mass is 779 g/mol. The van der Waals surface area contributed by atoms with E-state index >= 15 is 0 Å². The number of phosphoric ester groups is 1. The highest BCUT2D eigenvalue weighted by atomic mass is 31.2. The minimum absolute atomic E-state index is 0.231. The molecule has 0 radical (unpaired) electrons. The third-order valence-corrected chi connectivity index (χ3v) is 9.93. The zero-order valence-corrected chi connectivity index (χ0v) is 35.5. The Morgan fingerprint density at radius 3 is 1.43 bits per heavy atom. The van der Waals surface area contributed by atoms with Gasteiger partial charge in [0.05, 0.1) is 6.61 Å². The van der Waals surface area contributed by atoms with E-state index in [0.29, 0.717) is 6.42 Å². The number of unbranched alkanes of at least 4 members (excludes halogenated alkanes) is 18. The second kappa shape index (κ2) is 40.4. The smallest absolute Gasteiger partial charge is 0.462 e. The molecule has 0 aliphatic heterocycles. The maximum absolute atomic E-state index is 12.5. The lowest BCUT2D eigenvalue weighted by molar-refractivity contribution is -0.161. The number of rotatable bonds is 39. The van der Waals surface area contributed by atoms with Crippen LogP contribution in [0.4, 0.5) is 0 Å². The van der Waals surface area contributed by atoms with Crippen molar-refractivity contribution in [1.82, 2.24) is 0 Å². The molecule has 1 N–H and O–H groups in total. The third kappa shape index (κ3) is 39.4. The van der Waals surface area contributed by atoms with Crippen LogP contribution < -0.4 is 0 Å². The van der Waals surface area contributed by atoms with Gasteiger partial charge in [0.25, 0.3) is 0 Å². The summed E-state index contributed by atoms with van der Waals surface area (Å²) < 4.78 is 32.0. The van der Waals surface area contributed by atoms with Crippen molar-refractivity contribution in [3.63, 3.8) is 0 Å². The van der Waals surface area contributed by atoms with Crippen LogP contribution in [-0.4, -0.2) is 43.3 Å². The molecule has 2 atom stereocenters. The number of hydrogen-bond acceptors (Lipinski definition) is 7. The first kappa shape index (κ1) is 51.8. The normalized spacial score (nSPS) is 13.9. The summed E-state index contributed by atoms with van der Waals surface area (Å²) in [6.07, 6.45) is 49.8. The Bertz CT molecular complexity index is 1060. The zero-order chi connectivity index (χ0) is 39.6. The van der Waals surface area contributed by atoms with Crippen molar-refractivity contribution in [3.05, 3.63) is 60.8 Å². The van der Waals surface area contributed by atoms with Crippen molar-refractivity contribution in [1.29, 1.82) is 0 Å². The van der Waals surface area contributed by atoms with Gasteiger partial charge in [-0.25, -0.2) is 4.57 Å². The van der Waals surface area contributed by atoms with Crippen LogP contribution in [0.1, 0.15) is 187 Å². The van der Waals surface area contributed by atoms with E-state index in [1.165, 1.54) is 64.2 Å². The lowest BCUT2D eigenvalue weighted by Crippen LogP contribution is -2.29. The zero-order valence-electron chi connectivity index (χ0n) is 34.6. The topological polar surface area (TPSA) is 108 Å². The number of carbonyl (C=O) groups excluding carboxylic acids is 2. The van der Waals surface area contributed by atoms with Gasteiger partial charge in [0.2, 0.25) is 0 Å². The maximum Gasteiger partial charge on any atom is 0.472 e. The Hall–Kier alpha value is -2.25. The van der Waals surface area contributed by atoms with Gasteiger partial charge in [-0.3, -0.25) is 18.6 Å². The number of esters is 2. The summed E-state index contributed by atoms with van der Waals surface area (Å²) in [6, 6.07) is 0. The van der Waals surface area contributed by atoms with Crippen LogP contribution in [0.25, 0.3) is 0 Å². The molecule has 2 unspecified atom stereocenters. The van der Waals surface area contributed by atoms with E-state index in [9.17, 15) is 19.0 Å². The molecule has 0 heterocycles. The Morgan fingerprint density at radius 2 is 0.944 bits per heavy atom. The molecule has 0 aromatic heterocycles. The van der Waals surface area contributed by atoms with E-state index in [1.807, 2.05) is 0 Å². The van der Waals surface area contributed by atoms with Crippen molar-refractivity contribution >= 4 is 19.8 Å². The molecule has 0 spiro atoms. The number of carbonyl (C=O) groups is 2. The summed E-state index contributed by atoms with van der Waals surface area (Å²) in [4.78, 5) is 34.5. The number of allylic oxidation sites excluding steroid dienone is 10. The lowest BCUT2D eigenvalue weighted by atomic mass is 10.1. The van der Waals surface area contributed by atoms with Crippen LogP contribution >= 0.6 is 7.82 Å². The first-order chi connectivity index (χ1) is 26.3. The van der Waals surface area contributed by atoms with Crippen molar-refractivity contribution in [3.8, 4) is 0 Å². The van der Waals surface area contributed by atoms with Gasteiger partial charge in [-0.1, -0.05) is 158 Å². The highest BCUT2D eigenvalue weighted by Crippen LogP contribution is 2.42. The van der Waals surface area contributed by atoms with Gasteiger partial charge in [-0.05, 0) is 77.0 Å². The molecule has 0 saturated heterocycles. The van der Waals surface area contributed by atoms with Gasteiger partial charge < -0.3 is 14.4 Å². The van der Waals surface area contributed by atoms with Crippen molar-refractivity contribution in [2.75, 3.05) is 20.3 Å². The van der Waals surface area contributed by atoms with E-state index < -0.39 is 26.5 Å². The fraction of sp³-hybridized carbons (Fsp3) is 0.733. The van der Waals surface area contributed by atoms with Gasteiger partial charge in [0.1, 0.15) is 6.61 Å². The van der Waals surface area contributed by atoms with Crippen LogP contribution in [0.3, 0.4) is 0 Å². The summed E-state index contributed by atoms with van der Waals surface area (Å²) in [5, 5.41) is 0. The molecular formula is C45H79O8P. The Morgan fingerprint density at radius 1 is 0.537 bits per heavy atom. The molecule has 0 rings (SSSR count). The SMILES string of the molecule is CC/C=C\C/C=C\C/C=C\C/C=C\CCCCCCCCCCC(=O)OC(COC(=O)CCCCCCC/C=C\CCCCCCC)COP(=O)(O)OC. The number of ether oxygens (including phenoxy) is 2. The van der Waals surface area contributed by atoms with Crippen molar-refractivity contribution < 1.29 is 37.6 Å². The lowest BCUT2D eigenvalue weighted by Gasteiger charge is -2.19. The van der Waals surface area contributed by atoms with Crippen molar-refractivity contribution in [2.45, 2.75) is 193 Å². The predicted molar refractivity (Wildman–Crippen MR) is 225 cm³/mol. The minimum Gasteiger partial charge on any atom is -0.462 e. The fourth-order valence-electron chi connectivity index (χ4n) is 5.70. The average molecular weight is 779 g/mol. The Kier molecular flexibility index (Phi) is 38.7. The molecule has 0 aliphatic rings. The molecule has 9 heteroatoms. The summed E-state index contributed by atoms with van der Waals surface area (Å²) in [5.41, 5.74) is 0. The van der Waals surface area contributed by atoms with E-state index in [0.717, 1.165) is 97.0 Å². The summed E-state index contributed by atoms with van der Waals surface area (Å²) >= 11 is 0. The van der Waals surface area contributed by atoms with E-state index in [2.05, 4.69) is 79.1 Å². The van der Waals surface area contributed by atoms with Gasteiger partial charge in [-0.2, -0.15) is 0 Å².